The molecule has 0 amide bonds. The van der Waals surface area contributed by atoms with Crippen LogP contribution in [0.15, 0.2) is 10.6 Å². The van der Waals surface area contributed by atoms with Crippen LogP contribution in [0.2, 0.25) is 0 Å². The van der Waals surface area contributed by atoms with Crippen molar-refractivity contribution < 1.29 is 4.42 Å². The Kier molecular flexibility index (Phi) is 3.12. The van der Waals surface area contributed by atoms with E-state index in [0.29, 0.717) is 5.89 Å². The average molecular weight is 214 g/mol. The molecule has 3 heteroatoms. The Balaban J connectivity index is 1.95. The molecule has 0 aliphatic heterocycles. The monoisotopic (exact) mass is 213 g/mol. The van der Waals surface area contributed by atoms with Crippen molar-refractivity contribution in [1.29, 1.82) is 0 Å². The number of alkyl halides is 1. The summed E-state index contributed by atoms with van der Waals surface area (Å²) in [4.78, 5) is 4.16. The third kappa shape index (κ3) is 2.30. The minimum atomic E-state index is -0.118. The lowest BCUT2D eigenvalue weighted by molar-refractivity contribution is 0.415. The Morgan fingerprint density at radius 2 is 2.29 bits per heavy atom. The Hall–Kier alpha value is -0.500. The van der Waals surface area contributed by atoms with Gasteiger partial charge < -0.3 is 4.42 Å². The molecule has 1 atom stereocenters. The zero-order valence-electron chi connectivity index (χ0n) is 8.50. The normalized spacial score (nSPS) is 20.1. The molecule has 1 aliphatic rings. The molecule has 0 bridgehead atoms. The standard InChI is InChI=1S/C11H16ClNO/c1-8(12)11-13-7-10(14-11)6-9-4-2-3-5-9/h7-9H,2-6H2,1H3. The molecule has 0 saturated heterocycles. The third-order valence-electron chi connectivity index (χ3n) is 2.88. The van der Waals surface area contributed by atoms with Crippen LogP contribution in [0.5, 0.6) is 0 Å². The fourth-order valence-corrected chi connectivity index (χ4v) is 2.20. The van der Waals surface area contributed by atoms with Gasteiger partial charge in [0.05, 0.1) is 6.20 Å². The molecule has 0 spiro atoms. The molecule has 1 unspecified atom stereocenters. The first-order valence-electron chi connectivity index (χ1n) is 5.34. The third-order valence-corrected chi connectivity index (χ3v) is 3.06. The maximum atomic E-state index is 5.88. The van der Waals surface area contributed by atoms with Gasteiger partial charge in [-0.15, -0.1) is 11.6 Å². The number of nitrogens with zero attached hydrogens (tertiary/aromatic N) is 1. The fraction of sp³-hybridized carbons (Fsp3) is 0.727. The minimum Gasteiger partial charge on any atom is -0.444 e. The largest absolute Gasteiger partial charge is 0.444 e. The maximum absolute atomic E-state index is 5.88. The van der Waals surface area contributed by atoms with Gasteiger partial charge in [-0.05, 0) is 12.8 Å². The highest BCUT2D eigenvalue weighted by atomic mass is 35.5. The molecule has 1 aromatic rings. The van der Waals surface area contributed by atoms with Crippen molar-refractivity contribution in [2.24, 2.45) is 5.92 Å². The lowest BCUT2D eigenvalue weighted by Crippen LogP contribution is -1.96. The number of aromatic nitrogens is 1. The van der Waals surface area contributed by atoms with Gasteiger partial charge in [0.15, 0.2) is 0 Å². The van der Waals surface area contributed by atoms with Crippen molar-refractivity contribution in [3.63, 3.8) is 0 Å². The summed E-state index contributed by atoms with van der Waals surface area (Å²) in [7, 11) is 0. The molecule has 1 heterocycles. The van der Waals surface area contributed by atoms with Gasteiger partial charge in [0.2, 0.25) is 5.89 Å². The van der Waals surface area contributed by atoms with E-state index in [-0.39, 0.29) is 5.38 Å². The van der Waals surface area contributed by atoms with E-state index in [0.717, 1.165) is 18.1 Å². The number of hydrogen-bond acceptors (Lipinski definition) is 2. The molecule has 1 saturated carbocycles. The van der Waals surface area contributed by atoms with Crippen LogP contribution in [0.1, 0.15) is 49.6 Å². The first kappa shape index (κ1) is 10.0. The predicted octanol–water partition coefficient (Wildman–Crippen LogP) is 3.71. The number of hydrogen-bond donors (Lipinski definition) is 0. The summed E-state index contributed by atoms with van der Waals surface area (Å²) in [6.07, 6.45) is 8.29. The molecule has 0 aromatic carbocycles. The summed E-state index contributed by atoms with van der Waals surface area (Å²) < 4.78 is 5.56. The van der Waals surface area contributed by atoms with E-state index in [1.807, 2.05) is 13.1 Å². The van der Waals surface area contributed by atoms with E-state index >= 15 is 0 Å². The zero-order chi connectivity index (χ0) is 9.97. The second-order valence-electron chi connectivity index (χ2n) is 4.14. The summed E-state index contributed by atoms with van der Waals surface area (Å²) in [6, 6.07) is 0. The van der Waals surface area contributed by atoms with E-state index in [1.165, 1.54) is 25.7 Å². The molecule has 1 aliphatic carbocycles. The van der Waals surface area contributed by atoms with Crippen LogP contribution in [-0.4, -0.2) is 4.98 Å². The van der Waals surface area contributed by atoms with Gasteiger partial charge in [0.25, 0.3) is 0 Å². The summed E-state index contributed by atoms with van der Waals surface area (Å²) >= 11 is 5.88. The Bertz CT molecular complexity index is 289. The Labute approximate surface area is 89.7 Å². The van der Waals surface area contributed by atoms with E-state index in [9.17, 15) is 0 Å². The second kappa shape index (κ2) is 4.35. The van der Waals surface area contributed by atoms with Gasteiger partial charge >= 0.3 is 0 Å². The van der Waals surface area contributed by atoms with Crippen LogP contribution in [0.25, 0.3) is 0 Å². The van der Waals surface area contributed by atoms with Gasteiger partial charge in [-0.25, -0.2) is 4.98 Å². The van der Waals surface area contributed by atoms with Gasteiger partial charge in [0.1, 0.15) is 11.1 Å². The molecule has 78 valence electrons. The van der Waals surface area contributed by atoms with Crippen LogP contribution in [0, 0.1) is 5.92 Å². The maximum Gasteiger partial charge on any atom is 0.212 e. The van der Waals surface area contributed by atoms with Gasteiger partial charge in [0, 0.05) is 6.42 Å². The van der Waals surface area contributed by atoms with Crippen molar-refractivity contribution in [2.45, 2.75) is 44.4 Å². The Morgan fingerprint density at radius 1 is 1.57 bits per heavy atom. The van der Waals surface area contributed by atoms with Crippen molar-refractivity contribution in [2.75, 3.05) is 0 Å². The molecular formula is C11H16ClNO. The first-order valence-corrected chi connectivity index (χ1v) is 5.78. The van der Waals surface area contributed by atoms with E-state index in [2.05, 4.69) is 4.98 Å². The SMILES string of the molecule is CC(Cl)c1ncc(CC2CCCC2)o1. The van der Waals surface area contributed by atoms with Crippen molar-refractivity contribution in [3.05, 3.63) is 17.8 Å². The molecule has 2 rings (SSSR count). The molecule has 0 N–H and O–H groups in total. The highest BCUT2D eigenvalue weighted by Crippen LogP contribution is 2.29. The van der Waals surface area contributed by atoms with E-state index in [4.69, 9.17) is 16.0 Å². The minimum absolute atomic E-state index is 0.118. The van der Waals surface area contributed by atoms with Crippen LogP contribution in [0.4, 0.5) is 0 Å². The highest BCUT2D eigenvalue weighted by Gasteiger charge is 2.18. The van der Waals surface area contributed by atoms with Crippen molar-refractivity contribution in [1.82, 2.24) is 4.98 Å². The summed E-state index contributed by atoms with van der Waals surface area (Å²) in [5.41, 5.74) is 0. The van der Waals surface area contributed by atoms with Crippen molar-refractivity contribution in [3.8, 4) is 0 Å². The molecule has 1 aromatic heterocycles. The molecule has 14 heavy (non-hydrogen) atoms. The molecule has 0 radical (unpaired) electrons. The highest BCUT2D eigenvalue weighted by molar-refractivity contribution is 6.20. The summed E-state index contributed by atoms with van der Waals surface area (Å²) in [5, 5.41) is -0.118. The van der Waals surface area contributed by atoms with Gasteiger partial charge in [-0.1, -0.05) is 25.7 Å². The Morgan fingerprint density at radius 3 is 2.86 bits per heavy atom. The number of rotatable bonds is 3. The van der Waals surface area contributed by atoms with Crippen LogP contribution in [0.3, 0.4) is 0 Å². The number of oxazole rings is 1. The predicted molar refractivity (Wildman–Crippen MR) is 56.4 cm³/mol. The first-order chi connectivity index (χ1) is 6.75. The smallest absolute Gasteiger partial charge is 0.212 e. The summed E-state index contributed by atoms with van der Waals surface area (Å²) in [5.74, 6) is 2.46. The second-order valence-corrected chi connectivity index (χ2v) is 4.79. The summed E-state index contributed by atoms with van der Waals surface area (Å²) in [6.45, 7) is 1.88. The quantitative estimate of drug-likeness (QED) is 0.716. The zero-order valence-corrected chi connectivity index (χ0v) is 9.26. The van der Waals surface area contributed by atoms with E-state index < -0.39 is 0 Å². The van der Waals surface area contributed by atoms with Crippen LogP contribution >= 0.6 is 11.6 Å². The van der Waals surface area contributed by atoms with E-state index in [1.54, 1.807) is 0 Å². The van der Waals surface area contributed by atoms with Gasteiger partial charge in [-0.2, -0.15) is 0 Å². The lowest BCUT2D eigenvalue weighted by atomic mass is 10.0. The fourth-order valence-electron chi connectivity index (χ4n) is 2.10. The van der Waals surface area contributed by atoms with Crippen LogP contribution < -0.4 is 0 Å². The van der Waals surface area contributed by atoms with Crippen molar-refractivity contribution >= 4 is 11.6 Å². The number of halogens is 1. The van der Waals surface area contributed by atoms with Gasteiger partial charge in [-0.3, -0.25) is 0 Å². The molecule has 1 fully saturated rings. The molecular weight excluding hydrogens is 198 g/mol. The lowest BCUT2D eigenvalue weighted by Gasteiger charge is -2.04. The topological polar surface area (TPSA) is 26.0 Å². The molecule has 2 nitrogen and oxygen atoms in total. The average Bonchev–Trinajstić information content (AvgIpc) is 2.75. The van der Waals surface area contributed by atoms with Crippen LogP contribution in [-0.2, 0) is 6.42 Å².